The lowest BCUT2D eigenvalue weighted by Crippen LogP contribution is -2.40. The fourth-order valence-corrected chi connectivity index (χ4v) is 4.67. The first kappa shape index (κ1) is 18.7. The van der Waals surface area contributed by atoms with Crippen LogP contribution in [-0.2, 0) is 11.2 Å². The van der Waals surface area contributed by atoms with Gasteiger partial charge in [-0.2, -0.15) is 0 Å². The van der Waals surface area contributed by atoms with E-state index in [9.17, 15) is 9.59 Å². The van der Waals surface area contributed by atoms with Gasteiger partial charge in [-0.3, -0.25) is 9.59 Å². The Kier molecular flexibility index (Phi) is 4.73. The van der Waals surface area contributed by atoms with Crippen molar-refractivity contribution in [3.05, 3.63) is 52.7 Å². The third-order valence-electron chi connectivity index (χ3n) is 6.23. The van der Waals surface area contributed by atoms with Crippen LogP contribution >= 0.6 is 0 Å². The van der Waals surface area contributed by atoms with Gasteiger partial charge in [-0.25, -0.2) is 4.98 Å². The molecule has 1 saturated carbocycles. The number of aryl methyl sites for hydroxylation is 3. The molecule has 0 N–H and O–H groups in total. The topological polar surface area (TPSA) is 66.7 Å². The van der Waals surface area contributed by atoms with E-state index < -0.39 is 0 Å². The molecule has 1 aromatic heterocycles. The second-order valence-electron chi connectivity index (χ2n) is 8.33. The van der Waals surface area contributed by atoms with Gasteiger partial charge in [-0.05, 0) is 43.7 Å². The van der Waals surface area contributed by atoms with Crippen LogP contribution < -0.4 is 0 Å². The zero-order valence-corrected chi connectivity index (χ0v) is 16.9. The second-order valence-corrected chi connectivity index (χ2v) is 8.33. The minimum absolute atomic E-state index is 0.0893. The number of carbonyl (C=O) groups is 2. The lowest BCUT2D eigenvalue weighted by atomic mass is 9.72. The summed E-state index contributed by atoms with van der Waals surface area (Å²) in [5.41, 5.74) is 4.10. The van der Waals surface area contributed by atoms with Gasteiger partial charge in [0.2, 0.25) is 5.91 Å². The molecule has 1 aliphatic carbocycles. The van der Waals surface area contributed by atoms with Gasteiger partial charge in [-0.1, -0.05) is 23.8 Å². The first-order valence-electron chi connectivity index (χ1n) is 9.87. The van der Waals surface area contributed by atoms with Crippen LogP contribution in [0.15, 0.2) is 29.0 Å². The minimum atomic E-state index is -0.150. The standard InChI is InChI=1S/C22H27N3O3/c1-13-5-6-15(14(2)9-13)7-8-18(26)25-11-16-10-17(25)19(16)21-20(23-12-28-21)22(27)24(3)4/h5-6,9,12,16-17,19H,7-8,10-11H2,1-4H3. The van der Waals surface area contributed by atoms with E-state index in [0.717, 1.165) is 19.4 Å². The van der Waals surface area contributed by atoms with Crippen LogP contribution in [0.4, 0.5) is 0 Å². The summed E-state index contributed by atoms with van der Waals surface area (Å²) in [5.74, 6) is 1.13. The van der Waals surface area contributed by atoms with Gasteiger partial charge in [0.25, 0.3) is 5.91 Å². The average molecular weight is 381 g/mol. The Bertz CT molecular complexity index is 918. The van der Waals surface area contributed by atoms with E-state index in [2.05, 4.69) is 37.0 Å². The Hall–Kier alpha value is -2.63. The quantitative estimate of drug-likeness (QED) is 0.799. The van der Waals surface area contributed by atoms with Crippen molar-refractivity contribution < 1.29 is 14.0 Å². The molecule has 0 spiro atoms. The predicted octanol–water partition coefficient (Wildman–Crippen LogP) is 2.94. The van der Waals surface area contributed by atoms with Crippen LogP contribution in [0.1, 0.15) is 51.7 Å². The van der Waals surface area contributed by atoms with E-state index in [1.54, 1.807) is 14.1 Å². The molecular weight excluding hydrogens is 354 g/mol. The van der Waals surface area contributed by atoms with Crippen LogP contribution in [0.25, 0.3) is 0 Å². The zero-order chi connectivity index (χ0) is 20.0. The zero-order valence-electron chi connectivity index (χ0n) is 16.9. The SMILES string of the molecule is Cc1ccc(CCC(=O)N2CC3CC2C3c2ocnc2C(=O)N(C)C)c(C)c1. The van der Waals surface area contributed by atoms with Crippen LogP contribution in [0.5, 0.6) is 0 Å². The van der Waals surface area contributed by atoms with Crippen molar-refractivity contribution in [3.63, 3.8) is 0 Å². The number of benzene rings is 1. The van der Waals surface area contributed by atoms with Gasteiger partial charge in [-0.15, -0.1) is 0 Å². The van der Waals surface area contributed by atoms with Gasteiger partial charge in [0.05, 0.1) is 0 Å². The fraction of sp³-hybridized carbons (Fsp3) is 0.500. The monoisotopic (exact) mass is 381 g/mol. The number of hydrogen-bond donors (Lipinski definition) is 0. The van der Waals surface area contributed by atoms with Crippen molar-refractivity contribution in [2.45, 2.75) is 45.1 Å². The number of hydrogen-bond acceptors (Lipinski definition) is 4. The predicted molar refractivity (Wildman–Crippen MR) is 105 cm³/mol. The van der Waals surface area contributed by atoms with E-state index >= 15 is 0 Å². The highest BCUT2D eigenvalue weighted by Gasteiger charge is 2.56. The molecule has 2 aliphatic heterocycles. The molecule has 3 heterocycles. The van der Waals surface area contributed by atoms with Gasteiger partial charge >= 0.3 is 0 Å². The highest BCUT2D eigenvalue weighted by Crippen LogP contribution is 2.53. The average Bonchev–Trinajstić information content (AvgIpc) is 3.34. The molecule has 6 nitrogen and oxygen atoms in total. The first-order chi connectivity index (χ1) is 13.4. The molecule has 3 atom stereocenters. The Labute approximate surface area is 165 Å². The molecule has 6 heteroatoms. The number of amides is 2. The van der Waals surface area contributed by atoms with Gasteiger partial charge in [0.15, 0.2) is 12.1 Å². The number of nitrogens with zero attached hydrogens (tertiary/aromatic N) is 3. The maximum atomic E-state index is 12.9. The van der Waals surface area contributed by atoms with E-state index in [-0.39, 0.29) is 23.8 Å². The van der Waals surface area contributed by atoms with Gasteiger partial charge in [0.1, 0.15) is 5.76 Å². The fourth-order valence-electron chi connectivity index (χ4n) is 4.67. The van der Waals surface area contributed by atoms with E-state index in [1.807, 2.05) is 4.90 Å². The summed E-state index contributed by atoms with van der Waals surface area (Å²) >= 11 is 0. The maximum Gasteiger partial charge on any atom is 0.275 e. The smallest absolute Gasteiger partial charge is 0.275 e. The Morgan fingerprint density at radius 2 is 2.07 bits per heavy atom. The highest BCUT2D eigenvalue weighted by molar-refractivity contribution is 5.93. The molecular formula is C22H27N3O3. The summed E-state index contributed by atoms with van der Waals surface area (Å²) < 4.78 is 5.61. The van der Waals surface area contributed by atoms with Crippen molar-refractivity contribution in [3.8, 4) is 0 Å². The van der Waals surface area contributed by atoms with Crippen LogP contribution in [0.2, 0.25) is 0 Å². The third-order valence-corrected chi connectivity index (χ3v) is 6.23. The second kappa shape index (κ2) is 7.08. The highest BCUT2D eigenvalue weighted by atomic mass is 16.3. The van der Waals surface area contributed by atoms with Gasteiger partial charge < -0.3 is 14.2 Å². The van der Waals surface area contributed by atoms with Crippen LogP contribution in [0, 0.1) is 19.8 Å². The number of carbonyl (C=O) groups excluding carboxylic acids is 2. The number of oxazole rings is 1. The summed E-state index contributed by atoms with van der Waals surface area (Å²) in [6.07, 6.45) is 3.60. The molecule has 2 bridgehead atoms. The van der Waals surface area contributed by atoms with Crippen molar-refractivity contribution in [2.75, 3.05) is 20.6 Å². The molecule has 148 valence electrons. The van der Waals surface area contributed by atoms with Crippen LogP contribution in [0.3, 0.4) is 0 Å². The summed E-state index contributed by atoms with van der Waals surface area (Å²) in [6.45, 7) is 4.93. The molecule has 28 heavy (non-hydrogen) atoms. The van der Waals surface area contributed by atoms with Gasteiger partial charge in [0, 0.05) is 39.0 Å². The van der Waals surface area contributed by atoms with E-state index in [0.29, 0.717) is 23.8 Å². The summed E-state index contributed by atoms with van der Waals surface area (Å²) in [4.78, 5) is 32.9. The molecule has 5 rings (SSSR count). The lowest BCUT2D eigenvalue weighted by Gasteiger charge is -2.35. The Balaban J connectivity index is 1.43. The third kappa shape index (κ3) is 3.11. The molecule has 1 aromatic carbocycles. The van der Waals surface area contributed by atoms with E-state index in [1.165, 1.54) is 28.0 Å². The molecule has 3 unspecified atom stereocenters. The normalized spacial score (nSPS) is 22.9. The Morgan fingerprint density at radius 3 is 2.79 bits per heavy atom. The molecule has 2 aromatic rings. The molecule has 2 saturated heterocycles. The van der Waals surface area contributed by atoms with Crippen molar-refractivity contribution in [2.24, 2.45) is 5.92 Å². The summed E-state index contributed by atoms with van der Waals surface area (Å²) in [6, 6.07) is 6.51. The largest absolute Gasteiger partial charge is 0.447 e. The lowest BCUT2D eigenvalue weighted by molar-refractivity contribution is -0.131. The first-order valence-corrected chi connectivity index (χ1v) is 9.87. The number of rotatable bonds is 5. The van der Waals surface area contributed by atoms with Crippen LogP contribution in [-0.4, -0.2) is 53.3 Å². The van der Waals surface area contributed by atoms with Crippen molar-refractivity contribution in [1.29, 1.82) is 0 Å². The summed E-state index contributed by atoms with van der Waals surface area (Å²) in [5, 5.41) is 0. The van der Waals surface area contributed by atoms with E-state index in [4.69, 9.17) is 4.42 Å². The minimum Gasteiger partial charge on any atom is -0.447 e. The maximum absolute atomic E-state index is 12.9. The summed E-state index contributed by atoms with van der Waals surface area (Å²) in [7, 11) is 3.41. The molecule has 3 fully saturated rings. The van der Waals surface area contributed by atoms with Crippen molar-refractivity contribution in [1.82, 2.24) is 14.8 Å². The number of fused-ring (bicyclic) bond motifs is 1. The Morgan fingerprint density at radius 1 is 1.29 bits per heavy atom. The molecule has 0 radical (unpaired) electrons. The molecule has 2 amide bonds. The van der Waals surface area contributed by atoms with Crippen molar-refractivity contribution >= 4 is 11.8 Å². The number of aromatic nitrogens is 1. The molecule has 3 aliphatic rings.